The second-order valence-electron chi connectivity index (χ2n) is 8.72. The summed E-state index contributed by atoms with van der Waals surface area (Å²) in [6.45, 7) is 12.6. The molecule has 0 saturated carbocycles. The van der Waals surface area contributed by atoms with Crippen molar-refractivity contribution in [2.45, 2.75) is 52.5 Å². The number of hydrogen-bond donors (Lipinski definition) is 0. The fourth-order valence-corrected chi connectivity index (χ4v) is 4.79. The molecule has 3 aromatic rings. The molecule has 0 fully saturated rings. The maximum atomic E-state index is 4.79. The Balaban J connectivity index is 1.71. The van der Waals surface area contributed by atoms with E-state index in [4.69, 9.17) is 4.99 Å². The molecular formula is C26H30N2. The minimum Gasteiger partial charge on any atom is -0.366 e. The molecule has 1 atom stereocenters. The highest BCUT2D eigenvalue weighted by atomic mass is 15.2. The number of fused-ring (bicyclic) bond motifs is 2. The van der Waals surface area contributed by atoms with Crippen molar-refractivity contribution in [2.24, 2.45) is 4.99 Å². The molecule has 0 spiro atoms. The third-order valence-electron chi connectivity index (χ3n) is 6.18. The summed E-state index contributed by atoms with van der Waals surface area (Å²) in [6.07, 6.45) is 3.21. The van der Waals surface area contributed by atoms with Gasteiger partial charge in [0.2, 0.25) is 0 Å². The van der Waals surface area contributed by atoms with E-state index in [-0.39, 0.29) is 5.54 Å². The van der Waals surface area contributed by atoms with Crippen LogP contribution in [0, 0.1) is 6.92 Å². The summed E-state index contributed by atoms with van der Waals surface area (Å²) < 4.78 is 0. The lowest BCUT2D eigenvalue weighted by Gasteiger charge is -2.47. The highest BCUT2D eigenvalue weighted by Gasteiger charge is 2.35. The zero-order valence-corrected chi connectivity index (χ0v) is 17.7. The summed E-state index contributed by atoms with van der Waals surface area (Å²) >= 11 is 0. The van der Waals surface area contributed by atoms with E-state index in [2.05, 4.69) is 94.1 Å². The molecule has 0 aromatic heterocycles. The van der Waals surface area contributed by atoms with Gasteiger partial charge in [-0.3, -0.25) is 4.99 Å². The highest BCUT2D eigenvalue weighted by molar-refractivity contribution is 5.89. The molecule has 1 unspecified atom stereocenters. The molecule has 0 N–H and O–H groups in total. The van der Waals surface area contributed by atoms with Gasteiger partial charge < -0.3 is 4.90 Å². The summed E-state index contributed by atoms with van der Waals surface area (Å²) in [5, 5.41) is 2.48. The van der Waals surface area contributed by atoms with E-state index < -0.39 is 0 Å². The van der Waals surface area contributed by atoms with Crippen LogP contribution in [0.5, 0.6) is 0 Å². The molecule has 2 heteroatoms. The zero-order chi connectivity index (χ0) is 19.9. The lowest BCUT2D eigenvalue weighted by Crippen LogP contribution is -2.48. The zero-order valence-electron chi connectivity index (χ0n) is 17.7. The SMILES string of the molecule is CCN1c2cc(C)c(C=Nc3ccc4ccccc4c3)cc2C(C)CC1(C)C. The van der Waals surface area contributed by atoms with Gasteiger partial charge in [-0.25, -0.2) is 0 Å². The van der Waals surface area contributed by atoms with E-state index in [9.17, 15) is 0 Å². The molecule has 0 radical (unpaired) electrons. The van der Waals surface area contributed by atoms with Crippen LogP contribution in [0.25, 0.3) is 10.8 Å². The number of hydrogen-bond acceptors (Lipinski definition) is 2. The van der Waals surface area contributed by atoms with Gasteiger partial charge in [0.15, 0.2) is 0 Å². The van der Waals surface area contributed by atoms with Gasteiger partial charge in [0, 0.05) is 24.0 Å². The lowest BCUT2D eigenvalue weighted by atomic mass is 9.79. The Labute approximate surface area is 168 Å². The smallest absolute Gasteiger partial charge is 0.0636 e. The molecule has 1 aliphatic heterocycles. The molecule has 144 valence electrons. The Morgan fingerprint density at radius 3 is 2.57 bits per heavy atom. The first kappa shape index (κ1) is 18.7. The van der Waals surface area contributed by atoms with Crippen molar-refractivity contribution in [1.29, 1.82) is 0 Å². The largest absolute Gasteiger partial charge is 0.366 e. The standard InChI is InChI=1S/C26H30N2/c1-6-28-25-13-18(2)22(15-24(25)19(3)16-26(28,4)5)17-27-23-12-11-20-9-7-8-10-21(20)14-23/h7-15,17,19H,6,16H2,1-5H3. The van der Waals surface area contributed by atoms with E-state index in [1.165, 1.54) is 39.6 Å². The van der Waals surface area contributed by atoms with E-state index in [1.807, 2.05) is 6.21 Å². The minimum absolute atomic E-state index is 0.203. The summed E-state index contributed by atoms with van der Waals surface area (Å²) in [5.74, 6) is 0.557. The molecule has 0 aliphatic carbocycles. The molecule has 2 nitrogen and oxygen atoms in total. The Hall–Kier alpha value is -2.61. The van der Waals surface area contributed by atoms with Crippen LogP contribution in [0.3, 0.4) is 0 Å². The second-order valence-corrected chi connectivity index (χ2v) is 8.72. The van der Waals surface area contributed by atoms with Crippen LogP contribution in [-0.2, 0) is 0 Å². The number of aliphatic imine (C=N–C) groups is 1. The lowest BCUT2D eigenvalue weighted by molar-refractivity contribution is 0.381. The van der Waals surface area contributed by atoms with Crippen LogP contribution in [0.2, 0.25) is 0 Å². The van der Waals surface area contributed by atoms with Crippen LogP contribution >= 0.6 is 0 Å². The number of benzene rings is 3. The third kappa shape index (κ3) is 3.32. The molecule has 1 aliphatic rings. The summed E-state index contributed by atoms with van der Waals surface area (Å²) in [7, 11) is 0. The average Bonchev–Trinajstić information content (AvgIpc) is 2.66. The Morgan fingerprint density at radius 1 is 1.07 bits per heavy atom. The fraction of sp³-hybridized carbons (Fsp3) is 0.346. The minimum atomic E-state index is 0.203. The first-order chi connectivity index (χ1) is 13.4. The van der Waals surface area contributed by atoms with Crippen LogP contribution in [0.4, 0.5) is 11.4 Å². The van der Waals surface area contributed by atoms with E-state index in [0.29, 0.717) is 5.92 Å². The molecule has 3 aromatic carbocycles. The van der Waals surface area contributed by atoms with Crippen LogP contribution in [0.15, 0.2) is 59.6 Å². The Morgan fingerprint density at radius 2 is 1.82 bits per heavy atom. The Kier molecular flexibility index (Phi) is 4.74. The van der Waals surface area contributed by atoms with Crippen LogP contribution in [0.1, 0.15) is 56.7 Å². The van der Waals surface area contributed by atoms with Gasteiger partial charge >= 0.3 is 0 Å². The molecule has 0 bridgehead atoms. The fourth-order valence-electron chi connectivity index (χ4n) is 4.79. The van der Waals surface area contributed by atoms with Crippen molar-refractivity contribution in [1.82, 2.24) is 0 Å². The maximum Gasteiger partial charge on any atom is 0.0636 e. The molecule has 1 heterocycles. The van der Waals surface area contributed by atoms with Crippen LogP contribution < -0.4 is 4.90 Å². The topological polar surface area (TPSA) is 15.6 Å². The van der Waals surface area contributed by atoms with E-state index in [1.54, 1.807) is 0 Å². The second kappa shape index (κ2) is 7.09. The summed E-state index contributed by atoms with van der Waals surface area (Å²) in [6, 6.07) is 19.5. The maximum absolute atomic E-state index is 4.79. The third-order valence-corrected chi connectivity index (χ3v) is 6.18. The van der Waals surface area contributed by atoms with Crippen molar-refractivity contribution < 1.29 is 0 Å². The molecule has 0 amide bonds. The normalized spacial score (nSPS) is 18.6. The summed E-state index contributed by atoms with van der Waals surface area (Å²) in [4.78, 5) is 7.35. The number of anilines is 1. The van der Waals surface area contributed by atoms with Gasteiger partial charge in [0.05, 0.1) is 5.69 Å². The molecule has 28 heavy (non-hydrogen) atoms. The van der Waals surface area contributed by atoms with E-state index in [0.717, 1.165) is 12.2 Å². The van der Waals surface area contributed by atoms with Crippen molar-refractivity contribution in [2.75, 3.05) is 11.4 Å². The van der Waals surface area contributed by atoms with Gasteiger partial charge in [-0.1, -0.05) is 37.3 Å². The van der Waals surface area contributed by atoms with Gasteiger partial charge in [0.25, 0.3) is 0 Å². The highest BCUT2D eigenvalue weighted by Crippen LogP contribution is 2.44. The number of aryl methyl sites for hydroxylation is 1. The van der Waals surface area contributed by atoms with Gasteiger partial charge in [-0.15, -0.1) is 0 Å². The molecule has 0 saturated heterocycles. The molecule has 4 rings (SSSR count). The predicted octanol–water partition coefficient (Wildman–Crippen LogP) is 7.01. The quantitative estimate of drug-likeness (QED) is 0.453. The number of nitrogens with zero attached hydrogens (tertiary/aromatic N) is 2. The predicted molar refractivity (Wildman–Crippen MR) is 123 cm³/mol. The van der Waals surface area contributed by atoms with Gasteiger partial charge in [-0.05, 0) is 91.8 Å². The number of rotatable bonds is 3. The average molecular weight is 371 g/mol. The van der Waals surface area contributed by atoms with Crippen molar-refractivity contribution in [3.8, 4) is 0 Å². The first-order valence-corrected chi connectivity index (χ1v) is 10.3. The van der Waals surface area contributed by atoms with Crippen molar-refractivity contribution >= 4 is 28.4 Å². The van der Waals surface area contributed by atoms with Gasteiger partial charge in [0.1, 0.15) is 0 Å². The van der Waals surface area contributed by atoms with Crippen LogP contribution in [-0.4, -0.2) is 18.3 Å². The Bertz CT molecular complexity index is 1050. The van der Waals surface area contributed by atoms with Gasteiger partial charge in [-0.2, -0.15) is 0 Å². The van der Waals surface area contributed by atoms with Crippen molar-refractivity contribution in [3.63, 3.8) is 0 Å². The monoisotopic (exact) mass is 370 g/mol. The first-order valence-electron chi connectivity index (χ1n) is 10.3. The van der Waals surface area contributed by atoms with E-state index >= 15 is 0 Å². The molecular weight excluding hydrogens is 340 g/mol. The summed E-state index contributed by atoms with van der Waals surface area (Å²) in [5.41, 5.74) is 6.55. The van der Waals surface area contributed by atoms with Crippen molar-refractivity contribution in [3.05, 3.63) is 71.3 Å².